The number of hydrogen-bond donors (Lipinski definition) is 1. The van der Waals surface area contributed by atoms with E-state index in [0.717, 1.165) is 5.06 Å². The number of amides is 2. The molecule has 0 atom stereocenters. The summed E-state index contributed by atoms with van der Waals surface area (Å²) in [6.45, 7) is 0. The van der Waals surface area contributed by atoms with Crippen molar-refractivity contribution in [3.8, 4) is 0 Å². The van der Waals surface area contributed by atoms with E-state index in [-0.39, 0.29) is 17.6 Å². The predicted octanol–water partition coefficient (Wildman–Crippen LogP) is 0.574. The van der Waals surface area contributed by atoms with Gasteiger partial charge < -0.3 is 5.32 Å². The van der Waals surface area contributed by atoms with Gasteiger partial charge >= 0.3 is 0 Å². The first-order chi connectivity index (χ1) is 11.0. The van der Waals surface area contributed by atoms with Gasteiger partial charge in [-0.1, -0.05) is 11.8 Å². The SMILES string of the molecule is CON(C)C(=O)c1ccc(NC(=O)CSc2nnnn2C)cc1. The molecule has 2 aromatic rings. The average molecular weight is 336 g/mol. The zero-order chi connectivity index (χ0) is 16.8. The zero-order valence-corrected chi connectivity index (χ0v) is 13.7. The fraction of sp³-hybridized carbons (Fsp3) is 0.308. The Bertz CT molecular complexity index is 687. The molecule has 0 saturated heterocycles. The molecule has 1 N–H and O–H groups in total. The minimum Gasteiger partial charge on any atom is -0.325 e. The van der Waals surface area contributed by atoms with Crippen molar-refractivity contribution >= 4 is 29.3 Å². The first-order valence-electron chi connectivity index (χ1n) is 6.58. The molecule has 0 bridgehead atoms. The van der Waals surface area contributed by atoms with E-state index in [4.69, 9.17) is 4.84 Å². The molecule has 0 fully saturated rings. The van der Waals surface area contributed by atoms with Gasteiger partial charge in [-0.3, -0.25) is 14.4 Å². The molecule has 0 aliphatic heterocycles. The van der Waals surface area contributed by atoms with Crippen LogP contribution in [0.5, 0.6) is 0 Å². The topological polar surface area (TPSA) is 102 Å². The van der Waals surface area contributed by atoms with Gasteiger partial charge in [0, 0.05) is 25.3 Å². The average Bonchev–Trinajstić information content (AvgIpc) is 2.97. The van der Waals surface area contributed by atoms with Crippen molar-refractivity contribution < 1.29 is 14.4 Å². The van der Waals surface area contributed by atoms with Crippen LogP contribution in [0.1, 0.15) is 10.4 Å². The lowest BCUT2D eigenvalue weighted by Gasteiger charge is -2.13. The molecule has 1 aromatic carbocycles. The van der Waals surface area contributed by atoms with E-state index in [2.05, 4.69) is 20.8 Å². The maximum Gasteiger partial charge on any atom is 0.277 e. The lowest BCUT2D eigenvalue weighted by Crippen LogP contribution is -2.25. The van der Waals surface area contributed by atoms with Crippen molar-refractivity contribution in [1.82, 2.24) is 25.3 Å². The highest BCUT2D eigenvalue weighted by molar-refractivity contribution is 7.99. The fourth-order valence-electron chi connectivity index (χ4n) is 1.63. The third-order valence-corrected chi connectivity index (χ3v) is 3.90. The minimum absolute atomic E-state index is 0.182. The second-order valence-corrected chi connectivity index (χ2v) is 5.43. The molecule has 1 heterocycles. The first-order valence-corrected chi connectivity index (χ1v) is 7.57. The molecule has 23 heavy (non-hydrogen) atoms. The van der Waals surface area contributed by atoms with E-state index in [0.29, 0.717) is 16.4 Å². The number of rotatable bonds is 6. The van der Waals surface area contributed by atoms with Crippen molar-refractivity contribution in [2.24, 2.45) is 7.05 Å². The molecule has 9 nitrogen and oxygen atoms in total. The van der Waals surface area contributed by atoms with Gasteiger partial charge in [-0.2, -0.15) is 0 Å². The normalized spacial score (nSPS) is 10.4. The Morgan fingerprint density at radius 2 is 2.04 bits per heavy atom. The number of hydroxylamine groups is 2. The number of anilines is 1. The van der Waals surface area contributed by atoms with Gasteiger partial charge in [-0.25, -0.2) is 9.75 Å². The molecule has 1 aromatic heterocycles. The highest BCUT2D eigenvalue weighted by atomic mass is 32.2. The smallest absolute Gasteiger partial charge is 0.277 e. The summed E-state index contributed by atoms with van der Waals surface area (Å²) >= 11 is 1.23. The number of aromatic nitrogens is 4. The van der Waals surface area contributed by atoms with Gasteiger partial charge in [0.25, 0.3) is 5.91 Å². The summed E-state index contributed by atoms with van der Waals surface area (Å²) in [6.07, 6.45) is 0. The number of nitrogens with zero attached hydrogens (tertiary/aromatic N) is 5. The summed E-state index contributed by atoms with van der Waals surface area (Å²) in [7, 11) is 4.64. The second-order valence-electron chi connectivity index (χ2n) is 4.48. The van der Waals surface area contributed by atoms with Crippen LogP contribution in [0, 0.1) is 0 Å². The van der Waals surface area contributed by atoms with Crippen molar-refractivity contribution in [1.29, 1.82) is 0 Å². The number of nitrogens with one attached hydrogen (secondary N) is 1. The van der Waals surface area contributed by atoms with Crippen molar-refractivity contribution in [2.75, 3.05) is 25.2 Å². The summed E-state index contributed by atoms with van der Waals surface area (Å²) < 4.78 is 1.49. The van der Waals surface area contributed by atoms with Crippen LogP contribution in [0.25, 0.3) is 0 Å². The Balaban J connectivity index is 1.89. The van der Waals surface area contributed by atoms with Crippen LogP contribution in [0.2, 0.25) is 0 Å². The molecule has 2 rings (SSSR count). The van der Waals surface area contributed by atoms with Gasteiger partial charge in [0.1, 0.15) is 0 Å². The Morgan fingerprint density at radius 3 is 2.61 bits per heavy atom. The Morgan fingerprint density at radius 1 is 1.35 bits per heavy atom. The standard InChI is InChI=1S/C13H16N6O3S/c1-18-13(15-16-17-18)23-8-11(20)14-10-6-4-9(5-7-10)12(21)19(2)22-3/h4-7H,8H2,1-3H3,(H,14,20). The third-order valence-electron chi connectivity index (χ3n) is 2.89. The van der Waals surface area contributed by atoms with E-state index in [9.17, 15) is 9.59 Å². The summed E-state index contributed by atoms with van der Waals surface area (Å²) in [5, 5.41) is 15.4. The molecule has 0 aliphatic carbocycles. The highest BCUT2D eigenvalue weighted by Gasteiger charge is 2.12. The number of thioether (sulfide) groups is 1. The Labute approximate surface area is 136 Å². The van der Waals surface area contributed by atoms with Gasteiger partial charge in [-0.15, -0.1) is 5.10 Å². The van der Waals surface area contributed by atoms with E-state index in [1.165, 1.54) is 30.6 Å². The number of hydrogen-bond acceptors (Lipinski definition) is 7. The predicted molar refractivity (Wildman–Crippen MR) is 83.7 cm³/mol. The fourth-order valence-corrected chi connectivity index (χ4v) is 2.28. The molecular weight excluding hydrogens is 320 g/mol. The van der Waals surface area contributed by atoms with Crippen LogP contribution in [0.3, 0.4) is 0 Å². The number of tetrazole rings is 1. The maximum atomic E-state index is 11.9. The van der Waals surface area contributed by atoms with Crippen LogP contribution in [-0.4, -0.2) is 57.0 Å². The van der Waals surface area contributed by atoms with E-state index >= 15 is 0 Å². The van der Waals surface area contributed by atoms with Crippen molar-refractivity contribution in [2.45, 2.75) is 5.16 Å². The highest BCUT2D eigenvalue weighted by Crippen LogP contribution is 2.15. The molecule has 122 valence electrons. The van der Waals surface area contributed by atoms with Gasteiger partial charge in [0.05, 0.1) is 12.9 Å². The van der Waals surface area contributed by atoms with E-state index < -0.39 is 0 Å². The summed E-state index contributed by atoms with van der Waals surface area (Å²) in [5.74, 6) is -0.275. The van der Waals surface area contributed by atoms with Gasteiger partial charge in [0.15, 0.2) is 0 Å². The molecule has 0 unspecified atom stereocenters. The lowest BCUT2D eigenvalue weighted by atomic mass is 10.2. The van der Waals surface area contributed by atoms with Crippen molar-refractivity contribution in [3.63, 3.8) is 0 Å². The molecule has 10 heteroatoms. The third kappa shape index (κ3) is 4.50. The molecule has 2 amide bonds. The van der Waals surface area contributed by atoms with Crippen molar-refractivity contribution in [3.05, 3.63) is 29.8 Å². The Hall–Kier alpha value is -2.46. The summed E-state index contributed by atoms with van der Waals surface area (Å²) in [4.78, 5) is 28.6. The molecule has 0 saturated carbocycles. The molecule has 0 aliphatic rings. The zero-order valence-electron chi connectivity index (χ0n) is 12.9. The monoisotopic (exact) mass is 336 g/mol. The van der Waals surface area contributed by atoms with Crippen LogP contribution in [0.15, 0.2) is 29.4 Å². The van der Waals surface area contributed by atoms with Crippen LogP contribution >= 0.6 is 11.8 Å². The van der Waals surface area contributed by atoms with Crippen LogP contribution in [-0.2, 0) is 16.7 Å². The van der Waals surface area contributed by atoms with Crippen LogP contribution < -0.4 is 5.32 Å². The summed E-state index contributed by atoms with van der Waals surface area (Å²) in [6, 6.07) is 6.55. The summed E-state index contributed by atoms with van der Waals surface area (Å²) in [5.41, 5.74) is 1.06. The largest absolute Gasteiger partial charge is 0.325 e. The maximum absolute atomic E-state index is 11.9. The van der Waals surface area contributed by atoms with Gasteiger partial charge in [0.2, 0.25) is 11.1 Å². The molecular formula is C13H16N6O3S. The Kier molecular flexibility index (Phi) is 5.66. The number of carbonyl (C=O) groups excluding carboxylic acids is 2. The van der Waals surface area contributed by atoms with Gasteiger partial charge in [-0.05, 0) is 34.7 Å². The first kappa shape index (κ1) is 16.9. The number of aryl methyl sites for hydroxylation is 1. The quantitative estimate of drug-likeness (QED) is 0.608. The molecule has 0 radical (unpaired) electrons. The number of carbonyl (C=O) groups is 2. The van der Waals surface area contributed by atoms with E-state index in [1.807, 2.05) is 0 Å². The number of benzene rings is 1. The second kappa shape index (κ2) is 7.70. The van der Waals surface area contributed by atoms with E-state index in [1.54, 1.807) is 31.3 Å². The molecule has 0 spiro atoms. The van der Waals surface area contributed by atoms with Crippen LogP contribution in [0.4, 0.5) is 5.69 Å². The minimum atomic E-state index is -0.268. The lowest BCUT2D eigenvalue weighted by molar-refractivity contribution is -0.113.